The van der Waals surface area contributed by atoms with Gasteiger partial charge in [0.2, 0.25) is 0 Å². The topological polar surface area (TPSA) is 49.9 Å². The predicted octanol–water partition coefficient (Wildman–Crippen LogP) is 3.80. The monoisotopic (exact) mass is 305 g/mol. The van der Waals surface area contributed by atoms with Crippen molar-refractivity contribution in [2.45, 2.75) is 10.6 Å². The molecule has 1 heterocycles. The lowest BCUT2D eigenvalue weighted by Gasteiger charge is -2.04. The first-order valence-corrected chi connectivity index (χ1v) is 8.12. The second-order valence-electron chi connectivity index (χ2n) is 4.57. The molecule has 1 aromatic heterocycles. The van der Waals surface area contributed by atoms with Crippen molar-refractivity contribution in [1.82, 2.24) is 4.98 Å². The molecule has 0 fully saturated rings. The Morgan fingerprint density at radius 3 is 2.45 bits per heavy atom. The third-order valence-corrected chi connectivity index (χ3v) is 5.13. The Morgan fingerprint density at radius 2 is 1.70 bits per heavy atom. The molecule has 0 amide bonds. The highest BCUT2D eigenvalue weighted by atomic mass is 35.5. The molecule has 0 aliphatic heterocycles. The number of fused-ring (bicyclic) bond motifs is 1. The van der Waals surface area contributed by atoms with Crippen molar-refractivity contribution < 1.29 is 8.42 Å². The molecule has 0 spiro atoms. The summed E-state index contributed by atoms with van der Waals surface area (Å²) < 4.78 is 24.8. The van der Waals surface area contributed by atoms with Crippen LogP contribution in [-0.4, -0.2) is 13.4 Å². The summed E-state index contributed by atoms with van der Waals surface area (Å²) in [6, 6.07) is 13.9. The highest BCUT2D eigenvalue weighted by molar-refractivity contribution is 7.90. The van der Waals surface area contributed by atoms with Gasteiger partial charge in [0.15, 0.2) is 9.84 Å². The predicted molar refractivity (Wildman–Crippen MR) is 80.6 cm³/mol. The standard InChI is InChI=1S/C15H12ClNO2S/c16-12-5-7-13(8-6-12)20(18,19)10-11-9-17-15-4-2-1-3-14(11)15/h1-9,17H,10H2. The van der Waals surface area contributed by atoms with Crippen LogP contribution in [0.25, 0.3) is 10.9 Å². The molecular weight excluding hydrogens is 294 g/mol. The number of nitrogens with one attached hydrogen (secondary N) is 1. The first-order valence-electron chi connectivity index (χ1n) is 6.09. The van der Waals surface area contributed by atoms with E-state index in [-0.39, 0.29) is 10.6 Å². The number of para-hydroxylation sites is 1. The van der Waals surface area contributed by atoms with Crippen LogP contribution >= 0.6 is 11.6 Å². The lowest BCUT2D eigenvalue weighted by atomic mass is 10.2. The van der Waals surface area contributed by atoms with Crippen molar-refractivity contribution in [3.05, 3.63) is 65.3 Å². The van der Waals surface area contributed by atoms with Gasteiger partial charge >= 0.3 is 0 Å². The van der Waals surface area contributed by atoms with Gasteiger partial charge in [0.1, 0.15) is 0 Å². The number of rotatable bonds is 3. The zero-order valence-corrected chi connectivity index (χ0v) is 12.1. The number of H-pyrrole nitrogens is 1. The van der Waals surface area contributed by atoms with Gasteiger partial charge < -0.3 is 4.98 Å². The molecule has 2 aromatic carbocycles. The van der Waals surface area contributed by atoms with E-state index in [1.54, 1.807) is 18.3 Å². The molecule has 0 bridgehead atoms. The summed E-state index contributed by atoms with van der Waals surface area (Å²) >= 11 is 5.78. The average molecular weight is 306 g/mol. The van der Waals surface area contributed by atoms with Gasteiger partial charge in [0, 0.05) is 22.1 Å². The van der Waals surface area contributed by atoms with Gasteiger partial charge in [-0.05, 0) is 35.9 Å². The average Bonchev–Trinajstić information content (AvgIpc) is 2.82. The van der Waals surface area contributed by atoms with Crippen LogP contribution in [0.5, 0.6) is 0 Å². The normalized spacial score (nSPS) is 11.8. The number of aromatic amines is 1. The Morgan fingerprint density at radius 1 is 1.00 bits per heavy atom. The number of sulfone groups is 1. The SMILES string of the molecule is O=S(=O)(Cc1c[nH]c2ccccc12)c1ccc(Cl)cc1. The van der Waals surface area contributed by atoms with Crippen LogP contribution in [0.3, 0.4) is 0 Å². The molecule has 0 unspecified atom stereocenters. The molecule has 0 aliphatic rings. The number of hydrogen-bond donors (Lipinski definition) is 1. The minimum absolute atomic E-state index is 0.0291. The molecule has 0 saturated carbocycles. The maximum atomic E-state index is 12.4. The van der Waals surface area contributed by atoms with Crippen LogP contribution in [0.1, 0.15) is 5.56 Å². The van der Waals surface area contributed by atoms with Crippen LogP contribution in [0.15, 0.2) is 59.6 Å². The molecular formula is C15H12ClNO2S. The fourth-order valence-corrected chi connectivity index (χ4v) is 3.67. The molecule has 0 saturated heterocycles. The highest BCUT2D eigenvalue weighted by Crippen LogP contribution is 2.23. The minimum Gasteiger partial charge on any atom is -0.361 e. The maximum Gasteiger partial charge on any atom is 0.182 e. The van der Waals surface area contributed by atoms with Crippen molar-refractivity contribution in [3.63, 3.8) is 0 Å². The molecule has 0 radical (unpaired) electrons. The van der Waals surface area contributed by atoms with E-state index in [0.717, 1.165) is 16.5 Å². The third kappa shape index (κ3) is 2.44. The largest absolute Gasteiger partial charge is 0.361 e. The number of halogens is 1. The van der Waals surface area contributed by atoms with Crippen LogP contribution < -0.4 is 0 Å². The molecule has 0 atom stereocenters. The summed E-state index contributed by atoms with van der Waals surface area (Å²) in [6.45, 7) is 0. The van der Waals surface area contributed by atoms with E-state index in [1.807, 2.05) is 24.3 Å². The van der Waals surface area contributed by atoms with E-state index >= 15 is 0 Å². The highest BCUT2D eigenvalue weighted by Gasteiger charge is 2.17. The smallest absolute Gasteiger partial charge is 0.182 e. The minimum atomic E-state index is -3.37. The summed E-state index contributed by atoms with van der Waals surface area (Å²) in [5, 5.41) is 1.46. The fraction of sp³-hybridized carbons (Fsp3) is 0.0667. The van der Waals surface area contributed by atoms with Crippen molar-refractivity contribution in [2.75, 3.05) is 0 Å². The van der Waals surface area contributed by atoms with Crippen LogP contribution in [-0.2, 0) is 15.6 Å². The third-order valence-electron chi connectivity index (χ3n) is 3.19. The second kappa shape index (κ2) is 4.96. The molecule has 20 heavy (non-hydrogen) atoms. The summed E-state index contributed by atoms with van der Waals surface area (Å²) in [5.74, 6) is -0.0291. The first-order chi connectivity index (χ1) is 9.56. The van der Waals surface area contributed by atoms with Gasteiger partial charge in [-0.15, -0.1) is 0 Å². The van der Waals surface area contributed by atoms with Crippen molar-refractivity contribution in [1.29, 1.82) is 0 Å². The van der Waals surface area contributed by atoms with E-state index in [1.165, 1.54) is 12.1 Å². The lowest BCUT2D eigenvalue weighted by molar-refractivity contribution is 0.595. The summed E-state index contributed by atoms with van der Waals surface area (Å²) in [4.78, 5) is 3.37. The van der Waals surface area contributed by atoms with E-state index < -0.39 is 9.84 Å². The van der Waals surface area contributed by atoms with Gasteiger partial charge in [-0.1, -0.05) is 29.8 Å². The summed E-state index contributed by atoms with van der Waals surface area (Å²) in [5.41, 5.74) is 1.71. The van der Waals surface area contributed by atoms with Crippen molar-refractivity contribution in [3.8, 4) is 0 Å². The van der Waals surface area contributed by atoms with Gasteiger partial charge in [-0.3, -0.25) is 0 Å². The van der Waals surface area contributed by atoms with E-state index in [0.29, 0.717) is 5.02 Å². The Kier molecular flexibility index (Phi) is 3.28. The van der Waals surface area contributed by atoms with Crippen LogP contribution in [0.2, 0.25) is 5.02 Å². The maximum absolute atomic E-state index is 12.4. The molecule has 102 valence electrons. The number of hydrogen-bond acceptors (Lipinski definition) is 2. The van der Waals surface area contributed by atoms with Crippen molar-refractivity contribution >= 4 is 32.3 Å². The van der Waals surface area contributed by atoms with Gasteiger partial charge in [-0.2, -0.15) is 0 Å². The van der Waals surface area contributed by atoms with Gasteiger partial charge in [0.25, 0.3) is 0 Å². The van der Waals surface area contributed by atoms with Gasteiger partial charge in [-0.25, -0.2) is 8.42 Å². The summed E-state index contributed by atoms with van der Waals surface area (Å²) in [7, 11) is -3.37. The quantitative estimate of drug-likeness (QED) is 0.800. The molecule has 1 N–H and O–H groups in total. The first kappa shape index (κ1) is 13.2. The molecule has 3 nitrogen and oxygen atoms in total. The number of aromatic nitrogens is 1. The van der Waals surface area contributed by atoms with E-state index in [2.05, 4.69) is 4.98 Å². The Labute approximate surface area is 122 Å². The molecule has 0 aliphatic carbocycles. The Bertz CT molecular complexity index is 851. The molecule has 3 aromatic rings. The second-order valence-corrected chi connectivity index (χ2v) is 7.00. The Hall–Kier alpha value is -1.78. The van der Waals surface area contributed by atoms with Gasteiger partial charge in [0.05, 0.1) is 10.6 Å². The van der Waals surface area contributed by atoms with E-state index in [9.17, 15) is 8.42 Å². The fourth-order valence-electron chi connectivity index (χ4n) is 2.18. The summed E-state index contributed by atoms with van der Waals surface area (Å²) in [6.07, 6.45) is 1.75. The van der Waals surface area contributed by atoms with Crippen LogP contribution in [0, 0.1) is 0 Å². The van der Waals surface area contributed by atoms with E-state index in [4.69, 9.17) is 11.6 Å². The molecule has 5 heteroatoms. The Balaban J connectivity index is 1.99. The van der Waals surface area contributed by atoms with Crippen molar-refractivity contribution in [2.24, 2.45) is 0 Å². The van der Waals surface area contributed by atoms with Crippen LogP contribution in [0.4, 0.5) is 0 Å². The zero-order chi connectivity index (χ0) is 14.2. The lowest BCUT2D eigenvalue weighted by Crippen LogP contribution is -2.04. The number of benzene rings is 2. The molecule has 3 rings (SSSR count). The zero-order valence-electron chi connectivity index (χ0n) is 10.5.